The molecule has 106 valence electrons. The summed E-state index contributed by atoms with van der Waals surface area (Å²) in [5, 5.41) is 20.1. The minimum Gasteiger partial charge on any atom is -0.512 e. The van der Waals surface area contributed by atoms with Gasteiger partial charge in [-0.25, -0.2) is 0 Å². The number of alkyl halides is 3. The molecule has 0 aliphatic carbocycles. The van der Waals surface area contributed by atoms with Crippen LogP contribution in [-0.2, 0) is 11.0 Å². The van der Waals surface area contributed by atoms with Crippen LogP contribution in [0, 0.1) is 11.3 Å². The first kappa shape index (κ1) is 15.6. The number of hydrogen-bond donors (Lipinski definition) is 2. The van der Waals surface area contributed by atoms with Crippen molar-refractivity contribution in [2.24, 2.45) is 0 Å². The van der Waals surface area contributed by atoms with E-state index in [9.17, 15) is 23.1 Å². The van der Waals surface area contributed by atoms with Crippen LogP contribution in [0.15, 0.2) is 35.6 Å². The molecule has 0 bridgehead atoms. The minimum absolute atomic E-state index is 0.132. The lowest BCUT2D eigenvalue weighted by Crippen LogP contribution is -2.16. The van der Waals surface area contributed by atoms with Gasteiger partial charge in [-0.15, -0.1) is 0 Å². The lowest BCUT2D eigenvalue weighted by Gasteiger charge is -2.09. The number of benzene rings is 1. The van der Waals surface area contributed by atoms with E-state index in [1.54, 1.807) is 6.07 Å². The summed E-state index contributed by atoms with van der Waals surface area (Å²) in [4.78, 5) is 11.7. The van der Waals surface area contributed by atoms with Gasteiger partial charge in [0.15, 0.2) is 0 Å². The van der Waals surface area contributed by atoms with E-state index in [1.165, 1.54) is 6.92 Å². The van der Waals surface area contributed by atoms with Crippen molar-refractivity contribution >= 4 is 11.6 Å². The Hall–Kier alpha value is -2.49. The van der Waals surface area contributed by atoms with Gasteiger partial charge in [0.05, 0.1) is 29.4 Å². The second-order valence-corrected chi connectivity index (χ2v) is 3.93. The number of anilines is 1. The fourth-order valence-corrected chi connectivity index (χ4v) is 1.40. The zero-order valence-electron chi connectivity index (χ0n) is 10.5. The number of nitrogens with zero attached hydrogens (tertiary/aromatic N) is 1. The maximum atomic E-state index is 12.4. The molecule has 1 amide bonds. The van der Waals surface area contributed by atoms with Crippen LogP contribution in [0.2, 0.25) is 0 Å². The van der Waals surface area contributed by atoms with E-state index >= 15 is 0 Å². The summed E-state index contributed by atoms with van der Waals surface area (Å²) in [5.41, 5.74) is -0.825. The molecule has 1 aromatic rings. The third kappa shape index (κ3) is 4.02. The third-order valence-electron chi connectivity index (χ3n) is 2.44. The van der Waals surface area contributed by atoms with Crippen molar-refractivity contribution in [3.05, 3.63) is 41.2 Å². The number of halogens is 3. The topological polar surface area (TPSA) is 73.1 Å². The maximum absolute atomic E-state index is 12.4. The van der Waals surface area contributed by atoms with Crippen molar-refractivity contribution in [1.29, 1.82) is 5.26 Å². The zero-order valence-corrected chi connectivity index (χ0v) is 10.5. The molecule has 2 N–H and O–H groups in total. The molecule has 0 saturated carbocycles. The van der Waals surface area contributed by atoms with Crippen molar-refractivity contribution in [1.82, 2.24) is 0 Å². The van der Waals surface area contributed by atoms with Crippen molar-refractivity contribution < 1.29 is 23.1 Å². The van der Waals surface area contributed by atoms with Gasteiger partial charge in [-0.1, -0.05) is 0 Å². The molecule has 0 fully saturated rings. The van der Waals surface area contributed by atoms with Gasteiger partial charge in [0.2, 0.25) is 0 Å². The summed E-state index contributed by atoms with van der Waals surface area (Å²) in [6.45, 7) is 1.25. The third-order valence-corrected chi connectivity index (χ3v) is 2.44. The van der Waals surface area contributed by atoms with E-state index in [0.29, 0.717) is 0 Å². The number of carbonyl (C=O) groups is 1. The Balaban J connectivity index is 2.87. The molecule has 1 rings (SSSR count). The summed E-state index contributed by atoms with van der Waals surface area (Å²) >= 11 is 0. The van der Waals surface area contributed by atoms with Crippen LogP contribution in [0.25, 0.3) is 0 Å². The van der Waals surface area contributed by atoms with Gasteiger partial charge in [-0.05, 0) is 31.2 Å². The molecule has 4 nitrogen and oxygen atoms in total. The highest BCUT2D eigenvalue weighted by atomic mass is 19.4. The molecule has 0 spiro atoms. The number of aliphatic hydroxyl groups excluding tert-OH is 1. The number of nitriles is 1. The standard InChI is InChI=1S/C13H11F3N2O2/c1-8(19)11(6-7-17)12(20)18-10-4-2-9(3-5-10)13(14,15)16/h2-5,19H,6H2,1H3,(H,18,20)/b11-8-. The average Bonchev–Trinajstić information content (AvgIpc) is 2.34. The predicted molar refractivity (Wildman–Crippen MR) is 65.6 cm³/mol. The lowest BCUT2D eigenvalue weighted by molar-refractivity contribution is -0.137. The van der Waals surface area contributed by atoms with Crippen LogP contribution >= 0.6 is 0 Å². The van der Waals surface area contributed by atoms with Gasteiger partial charge < -0.3 is 10.4 Å². The number of carbonyl (C=O) groups excluding carboxylic acids is 1. The molecule has 0 aliphatic heterocycles. The monoisotopic (exact) mass is 284 g/mol. The average molecular weight is 284 g/mol. The number of hydrogen-bond acceptors (Lipinski definition) is 3. The highest BCUT2D eigenvalue weighted by molar-refractivity contribution is 6.04. The first-order valence-electron chi connectivity index (χ1n) is 5.50. The maximum Gasteiger partial charge on any atom is 0.416 e. The Kier molecular flexibility index (Phi) is 4.75. The van der Waals surface area contributed by atoms with E-state index in [0.717, 1.165) is 24.3 Å². The number of amides is 1. The van der Waals surface area contributed by atoms with Crippen LogP contribution in [-0.4, -0.2) is 11.0 Å². The SMILES string of the molecule is C/C(O)=C(\CC#N)C(=O)Nc1ccc(C(F)(F)F)cc1. The molecular formula is C13H11F3N2O2. The molecule has 7 heteroatoms. The van der Waals surface area contributed by atoms with Gasteiger partial charge in [0.1, 0.15) is 0 Å². The number of rotatable bonds is 3. The Bertz CT molecular complexity index is 565. The Morgan fingerprint density at radius 2 is 1.90 bits per heavy atom. The van der Waals surface area contributed by atoms with Crippen LogP contribution < -0.4 is 5.32 Å². The molecule has 0 aliphatic rings. The zero-order chi connectivity index (χ0) is 15.3. The molecule has 20 heavy (non-hydrogen) atoms. The van der Waals surface area contributed by atoms with E-state index < -0.39 is 17.6 Å². The quantitative estimate of drug-likeness (QED) is 0.660. The van der Waals surface area contributed by atoms with E-state index in [-0.39, 0.29) is 23.4 Å². The van der Waals surface area contributed by atoms with Crippen LogP contribution in [0.1, 0.15) is 18.9 Å². The molecule has 0 unspecified atom stereocenters. The molecule has 0 saturated heterocycles. The number of nitrogens with one attached hydrogen (secondary N) is 1. The van der Waals surface area contributed by atoms with E-state index in [4.69, 9.17) is 5.26 Å². The van der Waals surface area contributed by atoms with Crippen LogP contribution in [0.3, 0.4) is 0 Å². The Morgan fingerprint density at radius 3 is 2.30 bits per heavy atom. The van der Waals surface area contributed by atoms with Gasteiger partial charge in [0, 0.05) is 5.69 Å². The predicted octanol–water partition coefficient (Wildman–Crippen LogP) is 3.39. The summed E-state index contributed by atoms with van der Waals surface area (Å²) in [6, 6.07) is 5.56. The summed E-state index contributed by atoms with van der Waals surface area (Å²) in [6.07, 6.45) is -4.75. The van der Waals surface area contributed by atoms with Gasteiger partial charge in [-0.2, -0.15) is 18.4 Å². The second-order valence-electron chi connectivity index (χ2n) is 3.93. The molecule has 0 heterocycles. The Labute approximate surface area is 113 Å². The highest BCUT2D eigenvalue weighted by Gasteiger charge is 2.30. The van der Waals surface area contributed by atoms with Crippen LogP contribution in [0.5, 0.6) is 0 Å². The van der Waals surface area contributed by atoms with Crippen LogP contribution in [0.4, 0.5) is 18.9 Å². The number of allylic oxidation sites excluding steroid dienone is 1. The fraction of sp³-hybridized carbons (Fsp3) is 0.231. The lowest BCUT2D eigenvalue weighted by atomic mass is 10.1. The number of aliphatic hydroxyl groups is 1. The van der Waals surface area contributed by atoms with Crippen molar-refractivity contribution in [3.8, 4) is 6.07 Å². The van der Waals surface area contributed by atoms with Gasteiger partial charge in [-0.3, -0.25) is 4.79 Å². The van der Waals surface area contributed by atoms with Gasteiger partial charge in [0.25, 0.3) is 5.91 Å². The summed E-state index contributed by atoms with van der Waals surface area (Å²) < 4.78 is 37.1. The molecule has 0 atom stereocenters. The second kappa shape index (κ2) is 6.10. The highest BCUT2D eigenvalue weighted by Crippen LogP contribution is 2.29. The molecule has 1 aromatic carbocycles. The van der Waals surface area contributed by atoms with Crippen molar-refractivity contribution in [2.75, 3.05) is 5.32 Å². The van der Waals surface area contributed by atoms with Gasteiger partial charge >= 0.3 is 6.18 Å². The first-order valence-corrected chi connectivity index (χ1v) is 5.50. The fourth-order valence-electron chi connectivity index (χ4n) is 1.40. The smallest absolute Gasteiger partial charge is 0.416 e. The molecule has 0 radical (unpaired) electrons. The first-order chi connectivity index (χ1) is 9.25. The molecular weight excluding hydrogens is 273 g/mol. The van der Waals surface area contributed by atoms with Crippen molar-refractivity contribution in [2.45, 2.75) is 19.5 Å². The summed E-state index contributed by atoms with van der Waals surface area (Å²) in [5.74, 6) is -1.04. The normalized spacial score (nSPS) is 12.3. The molecule has 0 aromatic heterocycles. The van der Waals surface area contributed by atoms with E-state index in [1.807, 2.05) is 0 Å². The Morgan fingerprint density at radius 1 is 1.35 bits per heavy atom. The van der Waals surface area contributed by atoms with Crippen molar-refractivity contribution in [3.63, 3.8) is 0 Å². The summed E-state index contributed by atoms with van der Waals surface area (Å²) in [7, 11) is 0. The minimum atomic E-state index is -4.45. The van der Waals surface area contributed by atoms with E-state index in [2.05, 4.69) is 5.32 Å². The largest absolute Gasteiger partial charge is 0.512 e.